The molecule has 2 heterocycles. The van der Waals surface area contributed by atoms with Crippen LogP contribution in [0.25, 0.3) is 10.9 Å². The summed E-state index contributed by atoms with van der Waals surface area (Å²) in [5, 5.41) is 3.57. The molecule has 1 unspecified atom stereocenters. The summed E-state index contributed by atoms with van der Waals surface area (Å²) in [5.74, 6) is 0.372. The number of aromatic nitrogens is 1. The van der Waals surface area contributed by atoms with E-state index in [0.717, 1.165) is 5.39 Å². The van der Waals surface area contributed by atoms with Crippen molar-refractivity contribution in [1.29, 1.82) is 0 Å². The predicted molar refractivity (Wildman–Crippen MR) is 135 cm³/mol. The van der Waals surface area contributed by atoms with Crippen LogP contribution < -0.4 is 10.0 Å². The summed E-state index contributed by atoms with van der Waals surface area (Å²) in [4.78, 5) is 32.8. The van der Waals surface area contributed by atoms with Crippen LogP contribution >= 0.6 is 11.6 Å². The molecule has 1 atom stereocenters. The normalized spacial score (nSPS) is 18.4. The molecule has 1 saturated heterocycles. The number of halogens is 1. The van der Waals surface area contributed by atoms with Gasteiger partial charge in [0.25, 0.3) is 5.91 Å². The van der Waals surface area contributed by atoms with Crippen molar-refractivity contribution < 1.29 is 18.0 Å². The molecule has 11 heteroatoms. The van der Waals surface area contributed by atoms with Gasteiger partial charge in [-0.1, -0.05) is 36.4 Å². The van der Waals surface area contributed by atoms with E-state index in [1.807, 2.05) is 12.1 Å². The van der Waals surface area contributed by atoms with Gasteiger partial charge in [-0.3, -0.25) is 9.78 Å². The van der Waals surface area contributed by atoms with Gasteiger partial charge in [0.15, 0.2) is 0 Å². The number of carbonyl (C=O) groups is 2. The second-order valence-corrected chi connectivity index (χ2v) is 10.4. The van der Waals surface area contributed by atoms with E-state index in [0.29, 0.717) is 62.5 Å². The first-order chi connectivity index (χ1) is 16.9. The van der Waals surface area contributed by atoms with E-state index in [1.54, 1.807) is 46.4 Å². The molecule has 186 valence electrons. The number of fused-ring (bicyclic) bond motifs is 1. The van der Waals surface area contributed by atoms with Crippen LogP contribution in [0.5, 0.6) is 0 Å². The van der Waals surface area contributed by atoms with Crippen LogP contribution in [0.3, 0.4) is 0 Å². The molecule has 1 aromatic heterocycles. The van der Waals surface area contributed by atoms with Gasteiger partial charge in [0.1, 0.15) is 4.90 Å². The van der Waals surface area contributed by atoms with Crippen LogP contribution in [0, 0.1) is 0 Å². The van der Waals surface area contributed by atoms with Crippen LogP contribution in [-0.4, -0.2) is 79.8 Å². The maximum absolute atomic E-state index is 13.0. The number of para-hydroxylation sites is 1. The van der Waals surface area contributed by atoms with Gasteiger partial charge in [-0.15, -0.1) is 11.6 Å². The highest BCUT2D eigenvalue weighted by Crippen LogP contribution is 2.22. The lowest BCUT2D eigenvalue weighted by atomic mass is 10.0. The summed E-state index contributed by atoms with van der Waals surface area (Å²) in [7, 11) is -3.81. The van der Waals surface area contributed by atoms with E-state index >= 15 is 0 Å². The number of benzene rings is 1. The Morgan fingerprint density at radius 1 is 1.09 bits per heavy atom. The molecule has 2 N–H and O–H groups in total. The molecule has 2 aromatic rings. The highest BCUT2D eigenvalue weighted by Gasteiger charge is 2.27. The Labute approximate surface area is 209 Å². The summed E-state index contributed by atoms with van der Waals surface area (Å²) in [6.45, 7) is 2.32. The van der Waals surface area contributed by atoms with Crippen molar-refractivity contribution >= 4 is 44.5 Å². The molecule has 0 saturated carbocycles. The fourth-order valence-corrected chi connectivity index (χ4v) is 5.61. The van der Waals surface area contributed by atoms with Gasteiger partial charge in [-0.05, 0) is 25.0 Å². The lowest BCUT2D eigenvalue weighted by molar-refractivity contribution is -0.128. The number of nitrogens with zero attached hydrogens (tertiary/aromatic N) is 3. The number of hydrogen-bond acceptors (Lipinski definition) is 5. The van der Waals surface area contributed by atoms with Crippen LogP contribution in [0.15, 0.2) is 65.2 Å². The van der Waals surface area contributed by atoms with Gasteiger partial charge in [0.2, 0.25) is 10.0 Å². The molecule has 2 aliphatic rings. The van der Waals surface area contributed by atoms with E-state index in [-0.39, 0.29) is 16.8 Å². The number of sulfonamides is 1. The molecule has 1 aromatic carbocycles. The fraction of sp³-hybridized carbons (Fsp3) is 0.375. The lowest BCUT2D eigenvalue weighted by Gasteiger charge is -2.35. The smallest absolute Gasteiger partial charge is 0.317 e. The molecule has 4 rings (SSSR count). The number of carbonyl (C=O) groups excluding carboxylic acids is 2. The third-order valence-electron chi connectivity index (χ3n) is 5.98. The maximum Gasteiger partial charge on any atom is 0.317 e. The second-order valence-electron chi connectivity index (χ2n) is 8.37. The van der Waals surface area contributed by atoms with Crippen molar-refractivity contribution in [3.05, 3.63) is 60.3 Å². The van der Waals surface area contributed by atoms with Crippen LogP contribution in [0.2, 0.25) is 0 Å². The molecular weight excluding hydrogens is 490 g/mol. The fourth-order valence-electron chi connectivity index (χ4n) is 4.09. The average Bonchev–Trinajstić information content (AvgIpc) is 2.88. The quantitative estimate of drug-likeness (QED) is 0.432. The monoisotopic (exact) mass is 517 g/mol. The van der Waals surface area contributed by atoms with Crippen LogP contribution in [-0.2, 0) is 14.8 Å². The third kappa shape index (κ3) is 6.01. The van der Waals surface area contributed by atoms with Gasteiger partial charge < -0.3 is 15.1 Å². The third-order valence-corrected chi connectivity index (χ3v) is 7.77. The zero-order valence-corrected chi connectivity index (χ0v) is 20.8. The number of pyridine rings is 1. The summed E-state index contributed by atoms with van der Waals surface area (Å²) in [6.07, 6.45) is 7.74. The van der Waals surface area contributed by atoms with E-state index in [4.69, 9.17) is 11.6 Å². The molecule has 1 aliphatic heterocycles. The van der Waals surface area contributed by atoms with E-state index < -0.39 is 16.1 Å². The SMILES string of the molecule is O=C(NCCCCl)N1CCN(C(=O)C2=CCC(NS(=O)(=O)c3cccc4cccnc34)C=C2)CC1. The van der Waals surface area contributed by atoms with E-state index in [1.165, 1.54) is 6.07 Å². The zero-order chi connectivity index (χ0) is 24.8. The first-order valence-corrected chi connectivity index (χ1v) is 13.5. The standard InChI is InChI=1S/C24H28ClN5O4S/c25-11-3-13-27-24(32)30-16-14-29(15-17-30)23(31)19-7-9-20(10-8-19)28-35(33,34)21-6-1-4-18-5-2-12-26-22(18)21/h1-2,4-9,12,20,28H,3,10-11,13-17H2,(H,27,32). The minimum atomic E-state index is -3.81. The molecule has 3 amide bonds. The van der Waals surface area contributed by atoms with Crippen molar-refractivity contribution in [3.63, 3.8) is 0 Å². The number of urea groups is 1. The van der Waals surface area contributed by atoms with Gasteiger partial charge >= 0.3 is 6.03 Å². The molecule has 1 aliphatic carbocycles. The number of nitrogens with one attached hydrogen (secondary N) is 2. The van der Waals surface area contributed by atoms with Crippen LogP contribution in [0.1, 0.15) is 12.8 Å². The van der Waals surface area contributed by atoms with Crippen molar-refractivity contribution in [2.45, 2.75) is 23.8 Å². The van der Waals surface area contributed by atoms with Gasteiger partial charge in [0.05, 0.1) is 5.52 Å². The zero-order valence-electron chi connectivity index (χ0n) is 19.2. The number of alkyl halides is 1. The van der Waals surface area contributed by atoms with Crippen molar-refractivity contribution in [2.75, 3.05) is 38.6 Å². The topological polar surface area (TPSA) is 112 Å². The molecule has 0 bridgehead atoms. The van der Waals surface area contributed by atoms with Gasteiger partial charge in [-0.2, -0.15) is 0 Å². The number of rotatable bonds is 7. The first kappa shape index (κ1) is 25.2. The number of piperazine rings is 1. The lowest BCUT2D eigenvalue weighted by Crippen LogP contribution is -2.53. The van der Waals surface area contributed by atoms with Crippen molar-refractivity contribution in [2.24, 2.45) is 0 Å². The maximum atomic E-state index is 13.0. The van der Waals surface area contributed by atoms with Gasteiger partial charge in [0, 0.05) is 61.8 Å². The van der Waals surface area contributed by atoms with E-state index in [9.17, 15) is 18.0 Å². The Hall–Kier alpha value is -2.95. The first-order valence-electron chi connectivity index (χ1n) is 11.5. The van der Waals surface area contributed by atoms with Crippen LogP contribution in [0.4, 0.5) is 4.79 Å². The number of amides is 3. The molecule has 0 spiro atoms. The minimum Gasteiger partial charge on any atom is -0.338 e. The Morgan fingerprint density at radius 3 is 2.54 bits per heavy atom. The highest BCUT2D eigenvalue weighted by molar-refractivity contribution is 7.89. The Balaban J connectivity index is 1.32. The van der Waals surface area contributed by atoms with Crippen molar-refractivity contribution in [1.82, 2.24) is 24.8 Å². The summed E-state index contributed by atoms with van der Waals surface area (Å²) < 4.78 is 28.7. The van der Waals surface area contributed by atoms with E-state index in [2.05, 4.69) is 15.0 Å². The molecule has 0 radical (unpaired) electrons. The highest BCUT2D eigenvalue weighted by atomic mass is 35.5. The molecule has 9 nitrogen and oxygen atoms in total. The molecular formula is C24H28ClN5O4S. The summed E-state index contributed by atoms with van der Waals surface area (Å²) >= 11 is 5.63. The predicted octanol–water partition coefficient (Wildman–Crippen LogP) is 2.25. The Kier molecular flexibility index (Phi) is 8.04. The number of hydrogen-bond donors (Lipinski definition) is 2. The van der Waals surface area contributed by atoms with Gasteiger partial charge in [-0.25, -0.2) is 17.9 Å². The Morgan fingerprint density at radius 2 is 1.83 bits per heavy atom. The molecule has 35 heavy (non-hydrogen) atoms. The average molecular weight is 518 g/mol. The minimum absolute atomic E-state index is 0.122. The molecule has 1 fully saturated rings. The Bertz CT molecular complexity index is 1250. The second kappa shape index (κ2) is 11.2. The van der Waals surface area contributed by atoms with Crippen molar-refractivity contribution in [3.8, 4) is 0 Å². The summed E-state index contributed by atoms with van der Waals surface area (Å²) in [5.41, 5.74) is 0.938. The largest absolute Gasteiger partial charge is 0.338 e. The summed E-state index contributed by atoms with van der Waals surface area (Å²) in [6, 6.07) is 8.01.